The first kappa shape index (κ1) is 50.1. The molecule has 2 aliphatic carbocycles. The van der Waals surface area contributed by atoms with Crippen LogP contribution in [-0.2, 0) is 28.6 Å². The van der Waals surface area contributed by atoms with E-state index >= 15 is 0 Å². The summed E-state index contributed by atoms with van der Waals surface area (Å²) in [6, 6.07) is -0.152. The van der Waals surface area contributed by atoms with Crippen LogP contribution < -0.4 is 5.32 Å². The average molecular weight is 767 g/mol. The van der Waals surface area contributed by atoms with Crippen LogP contribution in [0.5, 0.6) is 0 Å². The predicted octanol–water partition coefficient (Wildman–Crippen LogP) is 6.69. The summed E-state index contributed by atoms with van der Waals surface area (Å²) >= 11 is 0. The number of ether oxygens (including phenoxy) is 3. The third-order valence-electron chi connectivity index (χ3n) is 10.9. The van der Waals surface area contributed by atoms with Gasteiger partial charge in [0.2, 0.25) is 0 Å². The second-order valence-corrected chi connectivity index (χ2v) is 15.5. The topological polar surface area (TPSA) is 121 Å². The quantitative estimate of drug-likeness (QED) is 0.0682. The Bertz CT molecular complexity index is 1030. The lowest BCUT2D eigenvalue weighted by Crippen LogP contribution is -2.49. The van der Waals surface area contributed by atoms with Crippen molar-refractivity contribution in [3.63, 3.8) is 0 Å². The monoisotopic (exact) mass is 767 g/mol. The molecule has 2 fully saturated rings. The molecule has 11 heteroatoms. The number of nitrogens with zero attached hydrogens (tertiary/aromatic N) is 3. The average Bonchev–Trinajstić information content (AvgIpc) is 3.10. The maximum absolute atomic E-state index is 14.0. The Morgan fingerprint density at radius 3 is 1.96 bits per heavy atom. The van der Waals surface area contributed by atoms with Gasteiger partial charge in [0, 0.05) is 56.7 Å². The highest BCUT2D eigenvalue weighted by atomic mass is 16.5. The largest absolute Gasteiger partial charge is 0.480 e. The van der Waals surface area contributed by atoms with E-state index in [2.05, 4.69) is 47.8 Å². The lowest BCUT2D eigenvalue weighted by molar-refractivity contribution is -0.138. The number of likely N-dealkylation sites (N-methyl/N-ethyl adjacent to an activating group) is 1. The van der Waals surface area contributed by atoms with Crippen LogP contribution in [0.15, 0.2) is 11.3 Å². The van der Waals surface area contributed by atoms with E-state index in [0.717, 1.165) is 77.4 Å². The molecule has 316 valence electrons. The fourth-order valence-electron chi connectivity index (χ4n) is 6.58. The van der Waals surface area contributed by atoms with Crippen LogP contribution in [0.1, 0.15) is 126 Å². The second kappa shape index (κ2) is 31.2. The standard InChI is InChI=1S/C41H76N4O7.C2H6/c1-7-20-45(25-24-44(32-40(47)48)23-22-43(6)21-17-34(5)8-2)38(41(49)36-13-10-14-36)16-15-37(35-11-9-12-35)42-19-27-51-29-31-52-30-28-50-26-18-39(46)33(3)4;1-2/h33-34,36,38,42H,7-32H2,1-6H3,(H,47,48);1-2H3. The third-order valence-corrected chi connectivity index (χ3v) is 10.9. The number of Topliss-reactive ketones (excluding diaryl/α,β-unsaturated/α-hetero) is 2. The Morgan fingerprint density at radius 1 is 0.796 bits per heavy atom. The summed E-state index contributed by atoms with van der Waals surface area (Å²) in [4.78, 5) is 44.2. The Hall–Kier alpha value is -1.89. The molecule has 2 saturated carbocycles. The van der Waals surface area contributed by atoms with Gasteiger partial charge in [0.25, 0.3) is 0 Å². The molecule has 0 aromatic heterocycles. The van der Waals surface area contributed by atoms with Crippen LogP contribution in [0.4, 0.5) is 0 Å². The van der Waals surface area contributed by atoms with E-state index in [-0.39, 0.29) is 30.2 Å². The van der Waals surface area contributed by atoms with E-state index in [9.17, 15) is 19.5 Å². The van der Waals surface area contributed by atoms with Crippen molar-refractivity contribution >= 4 is 17.5 Å². The molecule has 0 saturated heterocycles. The van der Waals surface area contributed by atoms with Crippen LogP contribution in [0, 0.1) is 17.8 Å². The molecule has 0 amide bonds. The first-order chi connectivity index (χ1) is 26.0. The second-order valence-electron chi connectivity index (χ2n) is 15.5. The highest BCUT2D eigenvalue weighted by Crippen LogP contribution is 2.33. The Labute approximate surface area is 330 Å². The van der Waals surface area contributed by atoms with Crippen molar-refractivity contribution in [3.8, 4) is 0 Å². The molecule has 2 atom stereocenters. The van der Waals surface area contributed by atoms with Gasteiger partial charge in [0.15, 0.2) is 5.78 Å². The van der Waals surface area contributed by atoms with E-state index in [1.54, 1.807) is 0 Å². The van der Waals surface area contributed by atoms with E-state index < -0.39 is 5.97 Å². The van der Waals surface area contributed by atoms with Gasteiger partial charge in [-0.15, -0.1) is 0 Å². The zero-order valence-corrected chi connectivity index (χ0v) is 35.9. The Morgan fingerprint density at radius 2 is 1.43 bits per heavy atom. The molecular formula is C43H82N4O7. The van der Waals surface area contributed by atoms with Gasteiger partial charge in [-0.3, -0.25) is 24.2 Å². The molecule has 0 aliphatic heterocycles. The zero-order valence-electron chi connectivity index (χ0n) is 35.9. The van der Waals surface area contributed by atoms with Crippen molar-refractivity contribution in [2.75, 3.05) is 99.0 Å². The minimum Gasteiger partial charge on any atom is -0.480 e. The molecule has 2 N–H and O–H groups in total. The van der Waals surface area contributed by atoms with Crippen molar-refractivity contribution in [1.82, 2.24) is 20.0 Å². The number of rotatable bonds is 34. The molecule has 54 heavy (non-hydrogen) atoms. The van der Waals surface area contributed by atoms with E-state index in [0.29, 0.717) is 83.9 Å². The van der Waals surface area contributed by atoms with Crippen LogP contribution in [0.25, 0.3) is 0 Å². The summed E-state index contributed by atoms with van der Waals surface area (Å²) in [7, 11) is 2.13. The van der Waals surface area contributed by atoms with Crippen molar-refractivity contribution in [2.24, 2.45) is 17.8 Å². The summed E-state index contributed by atoms with van der Waals surface area (Å²) in [5.74, 6) is 0.693. The van der Waals surface area contributed by atoms with Crippen molar-refractivity contribution < 1.29 is 33.7 Å². The molecule has 0 radical (unpaired) electrons. The molecule has 2 aliphatic rings. The smallest absolute Gasteiger partial charge is 0.317 e. The summed E-state index contributed by atoms with van der Waals surface area (Å²) < 4.78 is 16.9. The third kappa shape index (κ3) is 22.0. The number of allylic oxidation sites excluding steroid dienone is 2. The molecule has 0 bridgehead atoms. The molecule has 0 aromatic carbocycles. The van der Waals surface area contributed by atoms with E-state index in [1.165, 1.54) is 24.1 Å². The number of carbonyl (C=O) groups is 3. The van der Waals surface area contributed by atoms with E-state index in [1.807, 2.05) is 27.7 Å². The molecular weight excluding hydrogens is 684 g/mol. The highest BCUT2D eigenvalue weighted by molar-refractivity contribution is 5.87. The SMILES string of the molecule is CC.CCCN(CCN(CCN(C)CCC(C)CC)CC(=O)O)C(CCC(NCCOCCOCCOCCC(=O)C(C)C)=C1CCC1)C(=O)C1CCC1. The van der Waals surface area contributed by atoms with Crippen molar-refractivity contribution in [2.45, 2.75) is 132 Å². The number of hydrogen-bond donors (Lipinski definition) is 2. The predicted molar refractivity (Wildman–Crippen MR) is 220 cm³/mol. The maximum Gasteiger partial charge on any atom is 0.317 e. The van der Waals surface area contributed by atoms with E-state index in [4.69, 9.17) is 14.2 Å². The molecule has 2 unspecified atom stereocenters. The normalized spacial score (nSPS) is 15.5. The summed E-state index contributed by atoms with van der Waals surface area (Å²) in [5, 5.41) is 13.4. The number of aliphatic carboxylic acids is 1. The lowest BCUT2D eigenvalue weighted by Gasteiger charge is -2.37. The Balaban J connectivity index is 0.00000716. The van der Waals surface area contributed by atoms with Gasteiger partial charge in [-0.2, -0.15) is 0 Å². The first-order valence-corrected chi connectivity index (χ1v) is 21.7. The fraction of sp³-hybridized carbons (Fsp3) is 0.884. The number of hydrogen-bond acceptors (Lipinski definition) is 10. The van der Waals surface area contributed by atoms with Crippen molar-refractivity contribution in [3.05, 3.63) is 11.3 Å². The summed E-state index contributed by atoms with van der Waals surface area (Å²) in [6.07, 6.45) is 11.9. The van der Waals surface area contributed by atoms with Gasteiger partial charge in [-0.1, -0.05) is 66.9 Å². The molecule has 0 heterocycles. The summed E-state index contributed by atoms with van der Waals surface area (Å²) in [5.41, 5.74) is 2.75. The van der Waals surface area contributed by atoms with Crippen LogP contribution in [0.3, 0.4) is 0 Å². The number of nitrogens with one attached hydrogen (secondary N) is 1. The van der Waals surface area contributed by atoms with Gasteiger partial charge < -0.3 is 29.5 Å². The minimum absolute atomic E-state index is 0.0188. The van der Waals surface area contributed by atoms with Gasteiger partial charge in [-0.05, 0) is 83.8 Å². The molecule has 11 nitrogen and oxygen atoms in total. The summed E-state index contributed by atoms with van der Waals surface area (Å²) in [6.45, 7) is 22.9. The first-order valence-electron chi connectivity index (χ1n) is 21.7. The molecule has 2 rings (SSSR count). The Kier molecular flexibility index (Phi) is 29.0. The maximum atomic E-state index is 14.0. The fourth-order valence-corrected chi connectivity index (χ4v) is 6.58. The van der Waals surface area contributed by atoms with Gasteiger partial charge in [0.1, 0.15) is 5.78 Å². The zero-order chi connectivity index (χ0) is 40.1. The minimum atomic E-state index is -0.803. The number of carboxylic acids is 1. The van der Waals surface area contributed by atoms with Gasteiger partial charge >= 0.3 is 5.97 Å². The van der Waals surface area contributed by atoms with Crippen LogP contribution in [0.2, 0.25) is 0 Å². The van der Waals surface area contributed by atoms with Crippen LogP contribution >= 0.6 is 0 Å². The lowest BCUT2D eigenvalue weighted by atomic mass is 9.78. The number of carbonyl (C=O) groups excluding carboxylic acids is 2. The van der Waals surface area contributed by atoms with Gasteiger partial charge in [0.05, 0.1) is 52.2 Å². The van der Waals surface area contributed by atoms with Gasteiger partial charge in [-0.25, -0.2) is 0 Å². The molecule has 0 aromatic rings. The van der Waals surface area contributed by atoms with Crippen LogP contribution in [-0.4, -0.2) is 142 Å². The number of ketones is 2. The van der Waals surface area contributed by atoms with Crippen molar-refractivity contribution in [1.29, 1.82) is 0 Å². The molecule has 0 spiro atoms. The number of carboxylic acid groups (broad SMARTS) is 1. The highest BCUT2D eigenvalue weighted by Gasteiger charge is 2.34.